The molecule has 0 aliphatic rings. The van der Waals surface area contributed by atoms with Crippen molar-refractivity contribution in [3.8, 4) is 5.88 Å². The van der Waals surface area contributed by atoms with Crippen LogP contribution in [-0.2, 0) is 16.6 Å². The quantitative estimate of drug-likeness (QED) is 0.748. The molecule has 10 nitrogen and oxygen atoms in total. The number of rotatable bonds is 6. The largest absolute Gasteiger partial charge is 0.481 e. The zero-order valence-electron chi connectivity index (χ0n) is 12.8. The lowest BCUT2D eigenvalue weighted by molar-refractivity contribution is 0.0995. The maximum absolute atomic E-state index is 12.5. The number of anilines is 1. The van der Waals surface area contributed by atoms with E-state index in [9.17, 15) is 13.2 Å². The number of nitrogens with zero attached hydrogens (tertiary/aromatic N) is 4. The number of nitrogens with two attached hydrogens (primary N) is 1. The topological polar surface area (TPSA) is 142 Å². The summed E-state index contributed by atoms with van der Waals surface area (Å²) >= 11 is 0. The average Bonchev–Trinajstić information content (AvgIpc) is 2.91. The molecule has 2 aromatic rings. The molecule has 0 saturated heterocycles. The van der Waals surface area contributed by atoms with Gasteiger partial charge >= 0.3 is 0 Å². The number of hydrogen-bond donors (Lipinski definition) is 2. The molecule has 0 aliphatic carbocycles. The molecule has 2 aromatic heterocycles. The maximum atomic E-state index is 12.5. The first-order chi connectivity index (χ1) is 10.8. The van der Waals surface area contributed by atoms with Gasteiger partial charge in [0.25, 0.3) is 15.9 Å². The van der Waals surface area contributed by atoms with Crippen molar-refractivity contribution in [3.05, 3.63) is 23.7 Å². The number of carbonyl (C=O) groups is 1. The highest BCUT2D eigenvalue weighted by Gasteiger charge is 2.25. The summed E-state index contributed by atoms with van der Waals surface area (Å²) in [5.41, 5.74) is 5.51. The van der Waals surface area contributed by atoms with Crippen molar-refractivity contribution >= 4 is 21.9 Å². The summed E-state index contributed by atoms with van der Waals surface area (Å²) in [6.07, 6.45) is 1.27. The molecule has 0 fully saturated rings. The van der Waals surface area contributed by atoms with Crippen LogP contribution in [0.5, 0.6) is 5.88 Å². The Balaban J connectivity index is 2.43. The molecule has 2 rings (SSSR count). The zero-order valence-corrected chi connectivity index (χ0v) is 13.6. The van der Waals surface area contributed by atoms with Crippen LogP contribution in [0, 0.1) is 6.92 Å². The summed E-state index contributed by atoms with van der Waals surface area (Å²) < 4.78 is 33.4. The van der Waals surface area contributed by atoms with E-state index in [0.717, 1.165) is 0 Å². The van der Waals surface area contributed by atoms with E-state index in [0.29, 0.717) is 5.69 Å². The van der Waals surface area contributed by atoms with Crippen LogP contribution >= 0.6 is 0 Å². The second-order valence-electron chi connectivity index (χ2n) is 4.54. The van der Waals surface area contributed by atoms with Crippen LogP contribution in [0.15, 0.2) is 17.4 Å². The Kier molecular flexibility index (Phi) is 4.50. The Morgan fingerprint density at radius 2 is 2.09 bits per heavy atom. The van der Waals surface area contributed by atoms with Crippen LogP contribution in [0.3, 0.4) is 0 Å². The van der Waals surface area contributed by atoms with E-state index in [1.807, 2.05) is 0 Å². The molecule has 1 amide bonds. The maximum Gasteiger partial charge on any atom is 0.298 e. The number of aromatic nitrogens is 4. The van der Waals surface area contributed by atoms with E-state index < -0.39 is 15.9 Å². The first-order valence-corrected chi connectivity index (χ1v) is 8.04. The van der Waals surface area contributed by atoms with Crippen molar-refractivity contribution in [3.63, 3.8) is 0 Å². The Labute approximate surface area is 132 Å². The highest BCUT2D eigenvalue weighted by molar-refractivity contribution is 7.92. The number of hydrogen-bond acceptors (Lipinski definition) is 7. The van der Waals surface area contributed by atoms with E-state index in [-0.39, 0.29) is 29.2 Å². The average molecular weight is 340 g/mol. The fraction of sp³-hybridized carbons (Fsp3) is 0.333. The van der Waals surface area contributed by atoms with Gasteiger partial charge in [-0.15, -0.1) is 0 Å². The normalized spacial score (nSPS) is 11.3. The zero-order chi connectivity index (χ0) is 17.2. The molecule has 23 heavy (non-hydrogen) atoms. The minimum atomic E-state index is -4.10. The van der Waals surface area contributed by atoms with Crippen LogP contribution in [0.1, 0.15) is 23.1 Å². The number of primary amides is 1. The smallest absolute Gasteiger partial charge is 0.298 e. The van der Waals surface area contributed by atoms with Gasteiger partial charge in [0, 0.05) is 24.5 Å². The molecule has 0 spiro atoms. The minimum Gasteiger partial charge on any atom is -0.481 e. The van der Waals surface area contributed by atoms with E-state index >= 15 is 0 Å². The molecule has 2 heterocycles. The molecule has 0 saturated carbocycles. The molecule has 0 radical (unpaired) electrons. The number of aryl methyl sites for hydroxylation is 2. The molecule has 0 unspecified atom stereocenters. The van der Waals surface area contributed by atoms with Crippen molar-refractivity contribution in [2.24, 2.45) is 5.73 Å². The number of amides is 1. The molecular weight excluding hydrogens is 324 g/mol. The van der Waals surface area contributed by atoms with Crippen LogP contribution in [-0.4, -0.2) is 41.0 Å². The van der Waals surface area contributed by atoms with Gasteiger partial charge in [-0.25, -0.2) is 14.7 Å². The van der Waals surface area contributed by atoms with Gasteiger partial charge in [-0.05, 0) is 13.8 Å². The standard InChI is InChI=1S/C12H16N6O4S/c1-4-18-6-8(10(13)19)15-12(18)23(20,21)17-11-14-7(2)5-9(16-11)22-3/h5-6H,4H2,1-3H3,(H2,13,19)(H,14,16,17). The van der Waals surface area contributed by atoms with Crippen molar-refractivity contribution in [2.45, 2.75) is 25.5 Å². The minimum absolute atomic E-state index is 0.144. The molecule has 0 atom stereocenters. The highest BCUT2D eigenvalue weighted by Crippen LogP contribution is 2.16. The lowest BCUT2D eigenvalue weighted by Crippen LogP contribution is -2.20. The number of nitrogens with one attached hydrogen (secondary N) is 1. The van der Waals surface area contributed by atoms with E-state index in [1.54, 1.807) is 19.9 Å². The van der Waals surface area contributed by atoms with E-state index in [4.69, 9.17) is 10.5 Å². The van der Waals surface area contributed by atoms with Crippen molar-refractivity contribution in [2.75, 3.05) is 11.8 Å². The van der Waals surface area contributed by atoms with Gasteiger partial charge in [0.05, 0.1) is 7.11 Å². The summed E-state index contributed by atoms with van der Waals surface area (Å²) in [5, 5.41) is -0.349. The van der Waals surface area contributed by atoms with Crippen molar-refractivity contribution in [1.29, 1.82) is 0 Å². The lowest BCUT2D eigenvalue weighted by atomic mass is 10.4. The highest BCUT2D eigenvalue weighted by atomic mass is 32.2. The van der Waals surface area contributed by atoms with Crippen LogP contribution in [0.2, 0.25) is 0 Å². The first-order valence-electron chi connectivity index (χ1n) is 6.56. The van der Waals surface area contributed by atoms with E-state index in [1.165, 1.54) is 17.9 Å². The second kappa shape index (κ2) is 6.20. The Bertz CT molecular complexity index is 845. The molecule has 3 N–H and O–H groups in total. The van der Waals surface area contributed by atoms with Crippen molar-refractivity contribution in [1.82, 2.24) is 19.5 Å². The number of carbonyl (C=O) groups excluding carboxylic acids is 1. The second-order valence-corrected chi connectivity index (χ2v) is 6.12. The van der Waals surface area contributed by atoms with Gasteiger partial charge in [0.1, 0.15) is 5.69 Å². The number of imidazole rings is 1. The van der Waals surface area contributed by atoms with Crippen LogP contribution in [0.4, 0.5) is 5.95 Å². The molecule has 11 heteroatoms. The Morgan fingerprint density at radius 3 is 2.65 bits per heavy atom. The SMILES string of the molecule is CCn1cc(C(N)=O)nc1S(=O)(=O)Nc1nc(C)cc(OC)n1. The predicted molar refractivity (Wildman–Crippen MR) is 80.5 cm³/mol. The number of methoxy groups -OCH3 is 1. The lowest BCUT2D eigenvalue weighted by Gasteiger charge is -2.09. The third kappa shape index (κ3) is 3.56. The predicted octanol–water partition coefficient (Wildman–Crippen LogP) is -0.0903. The molecule has 0 aliphatic heterocycles. The molecule has 0 bridgehead atoms. The summed E-state index contributed by atoms with van der Waals surface area (Å²) in [6.45, 7) is 3.66. The van der Waals surface area contributed by atoms with Crippen LogP contribution < -0.4 is 15.2 Å². The van der Waals surface area contributed by atoms with Crippen molar-refractivity contribution < 1.29 is 17.9 Å². The summed E-state index contributed by atoms with van der Waals surface area (Å²) in [5.74, 6) is -0.762. The van der Waals surface area contributed by atoms with Gasteiger partial charge < -0.3 is 15.0 Å². The summed E-state index contributed by atoms with van der Waals surface area (Å²) in [6, 6.07) is 1.55. The van der Waals surface area contributed by atoms with Gasteiger partial charge in [-0.1, -0.05) is 0 Å². The van der Waals surface area contributed by atoms with E-state index in [2.05, 4.69) is 19.7 Å². The van der Waals surface area contributed by atoms with Gasteiger partial charge in [-0.3, -0.25) is 4.79 Å². The molecule has 124 valence electrons. The summed E-state index contributed by atoms with van der Waals surface area (Å²) in [4.78, 5) is 22.8. The molecular formula is C12H16N6O4S. The Hall–Kier alpha value is -2.69. The monoisotopic (exact) mass is 340 g/mol. The molecule has 0 aromatic carbocycles. The fourth-order valence-electron chi connectivity index (χ4n) is 1.81. The Morgan fingerprint density at radius 1 is 1.39 bits per heavy atom. The van der Waals surface area contributed by atoms with Gasteiger partial charge in [-0.2, -0.15) is 13.4 Å². The fourth-order valence-corrected chi connectivity index (χ4v) is 2.95. The van der Waals surface area contributed by atoms with Crippen LogP contribution in [0.25, 0.3) is 0 Å². The number of ether oxygens (including phenoxy) is 1. The third-order valence-corrected chi connectivity index (χ3v) is 4.10. The van der Waals surface area contributed by atoms with Gasteiger partial charge in [0.2, 0.25) is 17.0 Å². The first kappa shape index (κ1) is 16.7. The number of sulfonamides is 1. The third-order valence-electron chi connectivity index (χ3n) is 2.84. The summed E-state index contributed by atoms with van der Waals surface area (Å²) in [7, 11) is -2.69. The van der Waals surface area contributed by atoms with Gasteiger partial charge in [0.15, 0.2) is 0 Å².